The number of aromatic nitrogens is 1. The molecule has 5 heteroatoms. The first-order valence-electron chi connectivity index (χ1n) is 7.15. The molecule has 0 atom stereocenters. The molecule has 1 aromatic rings. The Bertz CT molecular complexity index is 359. The van der Waals surface area contributed by atoms with E-state index in [0.29, 0.717) is 0 Å². The number of rotatable bonds is 7. The van der Waals surface area contributed by atoms with Crippen molar-refractivity contribution in [1.29, 1.82) is 0 Å². The highest BCUT2D eigenvalue weighted by atomic mass is 16.5. The van der Waals surface area contributed by atoms with E-state index in [9.17, 15) is 0 Å². The quantitative estimate of drug-likeness (QED) is 0.694. The Balaban J connectivity index is 1.46. The van der Waals surface area contributed by atoms with Crippen LogP contribution in [-0.4, -0.2) is 67.9 Å². The zero-order valence-corrected chi connectivity index (χ0v) is 12.1. The van der Waals surface area contributed by atoms with Gasteiger partial charge in [0.2, 0.25) is 0 Å². The van der Waals surface area contributed by atoms with Gasteiger partial charge >= 0.3 is 0 Å². The van der Waals surface area contributed by atoms with Crippen LogP contribution in [0.2, 0.25) is 0 Å². The fourth-order valence-corrected chi connectivity index (χ4v) is 2.26. The van der Waals surface area contributed by atoms with E-state index >= 15 is 0 Å². The topological polar surface area (TPSA) is 41.7 Å². The van der Waals surface area contributed by atoms with Gasteiger partial charge in [-0.05, 0) is 26.8 Å². The monoisotopic (exact) mass is 267 g/mol. The van der Waals surface area contributed by atoms with Crippen LogP contribution in [0.15, 0.2) is 10.6 Å². The Morgan fingerprint density at radius 3 is 2.74 bits per heavy atom. The minimum absolute atomic E-state index is 0.805. The van der Waals surface area contributed by atoms with Crippen molar-refractivity contribution in [3.05, 3.63) is 17.5 Å². The smallest absolute Gasteiger partial charge is 0.133 e. The molecule has 1 aliphatic heterocycles. The van der Waals surface area contributed by atoms with Gasteiger partial charge in [-0.25, -0.2) is 0 Å². The highest BCUT2D eigenvalue weighted by Crippen LogP contribution is 2.04. The summed E-state index contributed by atoms with van der Waals surface area (Å²) >= 11 is 0. The molecule has 0 saturated carbocycles. The maximum Gasteiger partial charge on any atom is 0.133 e. The molecule has 0 aromatic carbocycles. The van der Waals surface area contributed by atoms with Crippen LogP contribution in [0.3, 0.4) is 0 Å². The van der Waals surface area contributed by atoms with Crippen molar-refractivity contribution >= 4 is 0 Å². The number of aryl methyl sites for hydroxylation is 2. The van der Waals surface area contributed by atoms with Gasteiger partial charge in [0, 0.05) is 45.4 Å². The summed E-state index contributed by atoms with van der Waals surface area (Å²) in [6, 6.07) is 1.99. The molecule has 0 spiro atoms. The van der Waals surface area contributed by atoms with Crippen molar-refractivity contribution in [1.82, 2.24) is 15.0 Å². The van der Waals surface area contributed by atoms with Crippen molar-refractivity contribution < 1.29 is 9.26 Å². The molecule has 0 unspecified atom stereocenters. The van der Waals surface area contributed by atoms with Crippen LogP contribution in [0.25, 0.3) is 0 Å². The molecule has 0 aliphatic carbocycles. The first kappa shape index (κ1) is 14.5. The van der Waals surface area contributed by atoms with Gasteiger partial charge in [0.1, 0.15) is 5.76 Å². The van der Waals surface area contributed by atoms with E-state index < -0.39 is 0 Å². The molecule has 19 heavy (non-hydrogen) atoms. The van der Waals surface area contributed by atoms with Crippen LogP contribution in [0.1, 0.15) is 17.9 Å². The summed E-state index contributed by atoms with van der Waals surface area (Å²) in [4.78, 5) is 4.85. The third-order valence-corrected chi connectivity index (χ3v) is 3.55. The van der Waals surface area contributed by atoms with Crippen LogP contribution >= 0.6 is 0 Å². The first-order valence-corrected chi connectivity index (χ1v) is 7.15. The van der Waals surface area contributed by atoms with E-state index in [1.165, 1.54) is 13.1 Å². The van der Waals surface area contributed by atoms with E-state index in [-0.39, 0.29) is 0 Å². The Morgan fingerprint density at radius 2 is 2.05 bits per heavy atom. The van der Waals surface area contributed by atoms with Gasteiger partial charge < -0.3 is 14.2 Å². The standard InChI is InChI=1S/C14H25N3O2/c1-13-12-14(15-19-13)4-3-10-18-11-9-17-7-5-16(2)6-8-17/h12H,3-11H2,1-2H3. The molecular formula is C14H25N3O2. The minimum atomic E-state index is 0.805. The zero-order chi connectivity index (χ0) is 13.5. The predicted molar refractivity (Wildman–Crippen MR) is 74.3 cm³/mol. The average molecular weight is 267 g/mol. The van der Waals surface area contributed by atoms with Crippen LogP contribution < -0.4 is 0 Å². The molecule has 5 nitrogen and oxygen atoms in total. The molecule has 2 heterocycles. The maximum atomic E-state index is 5.68. The number of ether oxygens (including phenoxy) is 1. The maximum absolute atomic E-state index is 5.68. The second-order valence-electron chi connectivity index (χ2n) is 5.29. The van der Waals surface area contributed by atoms with Gasteiger partial charge in [-0.15, -0.1) is 0 Å². The zero-order valence-electron chi connectivity index (χ0n) is 12.1. The highest BCUT2D eigenvalue weighted by Gasteiger charge is 2.12. The van der Waals surface area contributed by atoms with Gasteiger partial charge in [0.25, 0.3) is 0 Å². The summed E-state index contributed by atoms with van der Waals surface area (Å²) < 4.78 is 10.7. The third kappa shape index (κ3) is 5.30. The molecule has 2 rings (SSSR count). The van der Waals surface area contributed by atoms with Gasteiger partial charge in [-0.1, -0.05) is 5.16 Å². The predicted octanol–water partition coefficient (Wildman–Crippen LogP) is 1.18. The lowest BCUT2D eigenvalue weighted by atomic mass is 10.2. The Hall–Kier alpha value is -0.910. The van der Waals surface area contributed by atoms with E-state index in [1.54, 1.807) is 0 Å². The minimum Gasteiger partial charge on any atom is -0.380 e. The number of nitrogens with zero attached hydrogens (tertiary/aromatic N) is 3. The van der Waals surface area contributed by atoms with E-state index in [0.717, 1.165) is 57.1 Å². The van der Waals surface area contributed by atoms with E-state index in [2.05, 4.69) is 22.0 Å². The molecule has 0 bridgehead atoms. The fourth-order valence-electron chi connectivity index (χ4n) is 2.26. The van der Waals surface area contributed by atoms with E-state index in [1.807, 2.05) is 13.0 Å². The second kappa shape index (κ2) is 7.62. The fraction of sp³-hybridized carbons (Fsp3) is 0.786. The molecule has 108 valence electrons. The lowest BCUT2D eigenvalue weighted by Crippen LogP contribution is -2.45. The first-order chi connectivity index (χ1) is 9.24. The van der Waals surface area contributed by atoms with Crippen LogP contribution in [-0.2, 0) is 11.2 Å². The molecule has 0 amide bonds. The summed E-state index contributed by atoms with van der Waals surface area (Å²) in [6.07, 6.45) is 1.95. The summed E-state index contributed by atoms with van der Waals surface area (Å²) in [5.41, 5.74) is 1.03. The molecule has 1 fully saturated rings. The van der Waals surface area contributed by atoms with Crippen molar-refractivity contribution in [3.63, 3.8) is 0 Å². The van der Waals surface area contributed by atoms with Crippen LogP contribution in [0.5, 0.6) is 0 Å². The van der Waals surface area contributed by atoms with Crippen LogP contribution in [0.4, 0.5) is 0 Å². The molecule has 0 N–H and O–H groups in total. The lowest BCUT2D eigenvalue weighted by Gasteiger charge is -2.32. The Kier molecular flexibility index (Phi) is 5.82. The lowest BCUT2D eigenvalue weighted by molar-refractivity contribution is 0.0807. The summed E-state index contributed by atoms with van der Waals surface area (Å²) in [6.45, 7) is 9.29. The van der Waals surface area contributed by atoms with Crippen molar-refractivity contribution in [2.24, 2.45) is 0 Å². The second-order valence-corrected chi connectivity index (χ2v) is 5.29. The SMILES string of the molecule is Cc1cc(CCCOCCN2CCN(C)CC2)no1. The molecular weight excluding hydrogens is 242 g/mol. The van der Waals surface area contributed by atoms with Gasteiger partial charge in [-0.2, -0.15) is 0 Å². The van der Waals surface area contributed by atoms with E-state index in [4.69, 9.17) is 9.26 Å². The largest absolute Gasteiger partial charge is 0.380 e. The number of hydrogen-bond donors (Lipinski definition) is 0. The number of likely N-dealkylation sites (N-methyl/N-ethyl adjacent to an activating group) is 1. The van der Waals surface area contributed by atoms with Crippen molar-refractivity contribution in [2.75, 3.05) is 53.0 Å². The molecule has 1 saturated heterocycles. The van der Waals surface area contributed by atoms with Gasteiger partial charge in [-0.3, -0.25) is 4.90 Å². The molecule has 0 radical (unpaired) electrons. The van der Waals surface area contributed by atoms with Gasteiger partial charge in [0.05, 0.1) is 12.3 Å². The Labute approximate surface area is 115 Å². The Morgan fingerprint density at radius 1 is 1.26 bits per heavy atom. The highest BCUT2D eigenvalue weighted by molar-refractivity contribution is 5.03. The average Bonchev–Trinajstić information content (AvgIpc) is 2.81. The molecule has 1 aliphatic rings. The summed E-state index contributed by atoms with van der Waals surface area (Å²) in [7, 11) is 2.18. The number of hydrogen-bond acceptors (Lipinski definition) is 5. The summed E-state index contributed by atoms with van der Waals surface area (Å²) in [5.74, 6) is 0.881. The van der Waals surface area contributed by atoms with Gasteiger partial charge in [0.15, 0.2) is 0 Å². The van der Waals surface area contributed by atoms with Crippen molar-refractivity contribution in [3.8, 4) is 0 Å². The molecule has 1 aromatic heterocycles. The third-order valence-electron chi connectivity index (χ3n) is 3.55. The number of piperazine rings is 1. The van der Waals surface area contributed by atoms with Crippen molar-refractivity contribution in [2.45, 2.75) is 19.8 Å². The summed E-state index contributed by atoms with van der Waals surface area (Å²) in [5, 5.41) is 3.97. The van der Waals surface area contributed by atoms with Crippen LogP contribution in [0, 0.1) is 6.92 Å². The normalized spacial score (nSPS) is 18.0.